The first-order valence-corrected chi connectivity index (χ1v) is 8.44. The van der Waals surface area contributed by atoms with Gasteiger partial charge in [-0.05, 0) is 31.9 Å². The lowest BCUT2D eigenvalue weighted by Crippen LogP contribution is -2.27. The highest BCUT2D eigenvalue weighted by atomic mass is 35.5. The number of anilines is 1. The molecular formula is C17H16Cl2N4. The summed E-state index contributed by atoms with van der Waals surface area (Å²) in [7, 11) is 0. The van der Waals surface area contributed by atoms with E-state index in [2.05, 4.69) is 22.9 Å². The molecule has 1 aliphatic heterocycles. The van der Waals surface area contributed by atoms with Crippen molar-refractivity contribution in [2.45, 2.75) is 25.8 Å². The second-order valence-corrected chi connectivity index (χ2v) is 6.70. The van der Waals surface area contributed by atoms with Gasteiger partial charge >= 0.3 is 0 Å². The molecule has 1 fully saturated rings. The van der Waals surface area contributed by atoms with E-state index in [1.54, 1.807) is 12.5 Å². The molecule has 3 aromatic rings. The maximum atomic E-state index is 6.44. The molecule has 1 saturated heterocycles. The minimum atomic E-state index is 0.480. The highest BCUT2D eigenvalue weighted by molar-refractivity contribution is 6.45. The van der Waals surface area contributed by atoms with Crippen LogP contribution >= 0.6 is 23.2 Å². The van der Waals surface area contributed by atoms with Gasteiger partial charge in [0.1, 0.15) is 5.82 Å². The molecule has 0 bridgehead atoms. The Morgan fingerprint density at radius 1 is 1.26 bits per heavy atom. The van der Waals surface area contributed by atoms with E-state index in [1.807, 2.05) is 22.9 Å². The Labute approximate surface area is 144 Å². The number of benzene rings is 1. The molecule has 4 rings (SSSR count). The molecule has 0 amide bonds. The van der Waals surface area contributed by atoms with E-state index in [1.165, 1.54) is 12.8 Å². The third-order valence-corrected chi connectivity index (χ3v) is 5.26. The molecule has 0 N–H and O–H groups in total. The normalized spacial score (nSPS) is 18.0. The predicted octanol–water partition coefficient (Wildman–Crippen LogP) is 4.72. The van der Waals surface area contributed by atoms with Crippen LogP contribution in [0.2, 0.25) is 10.0 Å². The number of halogens is 2. The summed E-state index contributed by atoms with van der Waals surface area (Å²) in [5.41, 5.74) is 1.75. The van der Waals surface area contributed by atoms with E-state index in [-0.39, 0.29) is 0 Å². The molecule has 6 heteroatoms. The summed E-state index contributed by atoms with van der Waals surface area (Å²) in [6.07, 6.45) is 7.85. The fourth-order valence-electron chi connectivity index (χ4n) is 3.24. The van der Waals surface area contributed by atoms with Crippen molar-refractivity contribution in [2.75, 3.05) is 11.4 Å². The molecule has 0 aliphatic carbocycles. The molecule has 3 heterocycles. The quantitative estimate of drug-likeness (QED) is 0.673. The van der Waals surface area contributed by atoms with E-state index in [0.29, 0.717) is 16.1 Å². The smallest absolute Gasteiger partial charge is 0.131 e. The van der Waals surface area contributed by atoms with Gasteiger partial charge in [-0.2, -0.15) is 0 Å². The van der Waals surface area contributed by atoms with Crippen LogP contribution in [0.5, 0.6) is 0 Å². The van der Waals surface area contributed by atoms with Crippen LogP contribution in [0.25, 0.3) is 16.6 Å². The Morgan fingerprint density at radius 3 is 2.83 bits per heavy atom. The number of rotatable bonds is 2. The first kappa shape index (κ1) is 14.8. The van der Waals surface area contributed by atoms with Crippen LogP contribution in [0.4, 0.5) is 5.82 Å². The highest BCUT2D eigenvalue weighted by Gasteiger charge is 2.23. The zero-order valence-corrected chi connectivity index (χ0v) is 14.2. The van der Waals surface area contributed by atoms with Crippen molar-refractivity contribution >= 4 is 39.9 Å². The lowest BCUT2D eigenvalue weighted by atomic mass is 10.1. The summed E-state index contributed by atoms with van der Waals surface area (Å²) < 4.78 is 1.98. The van der Waals surface area contributed by atoms with Crippen LogP contribution in [0.3, 0.4) is 0 Å². The van der Waals surface area contributed by atoms with Crippen molar-refractivity contribution in [3.63, 3.8) is 0 Å². The van der Waals surface area contributed by atoms with Crippen molar-refractivity contribution in [1.82, 2.24) is 14.5 Å². The summed E-state index contributed by atoms with van der Waals surface area (Å²) in [5, 5.41) is 1.99. The van der Waals surface area contributed by atoms with Crippen LogP contribution in [0.15, 0.2) is 36.9 Å². The average molecular weight is 347 g/mol. The molecule has 0 unspecified atom stereocenters. The van der Waals surface area contributed by atoms with E-state index in [4.69, 9.17) is 28.2 Å². The standard InChI is InChI=1S/C17H16Cl2N4/c1-11-3-2-7-23(11)15-9-14(22-8-6-20-10-22)12-4-5-13(18)16(19)17(12)21-15/h4-6,8-11H,2-3,7H2,1H3/t11-/m0/s1. The molecule has 2 aromatic heterocycles. The monoisotopic (exact) mass is 346 g/mol. The molecule has 0 spiro atoms. The molecule has 0 radical (unpaired) electrons. The van der Waals surface area contributed by atoms with Crippen molar-refractivity contribution in [3.05, 3.63) is 47.0 Å². The van der Waals surface area contributed by atoms with Gasteiger partial charge in [0.05, 0.1) is 27.6 Å². The molecule has 4 nitrogen and oxygen atoms in total. The SMILES string of the molecule is C[C@H]1CCCN1c1cc(-n2ccnc2)c2ccc(Cl)c(Cl)c2n1. The second kappa shape index (κ2) is 5.69. The topological polar surface area (TPSA) is 34.0 Å². The molecule has 118 valence electrons. The van der Waals surface area contributed by atoms with Crippen LogP contribution in [0, 0.1) is 0 Å². The van der Waals surface area contributed by atoms with Gasteiger partial charge in [-0.1, -0.05) is 23.2 Å². The number of imidazole rings is 1. The Bertz CT molecular complexity index is 861. The number of nitrogens with zero attached hydrogens (tertiary/aromatic N) is 4. The Balaban J connectivity index is 2.00. The van der Waals surface area contributed by atoms with E-state index < -0.39 is 0 Å². The van der Waals surface area contributed by atoms with Gasteiger partial charge in [0.15, 0.2) is 0 Å². The Morgan fingerprint density at radius 2 is 2.13 bits per heavy atom. The minimum Gasteiger partial charge on any atom is -0.354 e. The summed E-state index contributed by atoms with van der Waals surface area (Å²) in [5.74, 6) is 0.940. The highest BCUT2D eigenvalue weighted by Crippen LogP contribution is 2.36. The van der Waals surface area contributed by atoms with Gasteiger partial charge in [-0.25, -0.2) is 9.97 Å². The van der Waals surface area contributed by atoms with Gasteiger partial charge in [-0.15, -0.1) is 0 Å². The first-order chi connectivity index (χ1) is 11.1. The van der Waals surface area contributed by atoms with Crippen LogP contribution in [0.1, 0.15) is 19.8 Å². The van der Waals surface area contributed by atoms with Crippen molar-refractivity contribution in [3.8, 4) is 5.69 Å². The van der Waals surface area contributed by atoms with Gasteiger partial charge < -0.3 is 9.47 Å². The summed E-state index contributed by atoms with van der Waals surface area (Å²) in [6.45, 7) is 3.25. The van der Waals surface area contributed by atoms with E-state index in [9.17, 15) is 0 Å². The summed E-state index contributed by atoms with van der Waals surface area (Å²) in [4.78, 5) is 11.3. The Kier molecular flexibility index (Phi) is 3.66. The van der Waals surface area contributed by atoms with Crippen molar-refractivity contribution < 1.29 is 0 Å². The number of hydrogen-bond donors (Lipinski definition) is 0. The van der Waals surface area contributed by atoms with Crippen LogP contribution in [-0.2, 0) is 0 Å². The number of fused-ring (bicyclic) bond motifs is 1. The third kappa shape index (κ3) is 2.46. The van der Waals surface area contributed by atoms with Crippen molar-refractivity contribution in [2.24, 2.45) is 0 Å². The lowest BCUT2D eigenvalue weighted by Gasteiger charge is -2.24. The number of aromatic nitrogens is 3. The molecule has 0 saturated carbocycles. The third-order valence-electron chi connectivity index (χ3n) is 4.47. The summed E-state index contributed by atoms with van der Waals surface area (Å²) >= 11 is 12.6. The maximum Gasteiger partial charge on any atom is 0.131 e. The zero-order valence-electron chi connectivity index (χ0n) is 12.7. The zero-order chi connectivity index (χ0) is 16.0. The van der Waals surface area contributed by atoms with Crippen LogP contribution in [-0.4, -0.2) is 27.1 Å². The second-order valence-electron chi connectivity index (χ2n) is 5.91. The number of pyridine rings is 1. The molecular weight excluding hydrogens is 331 g/mol. The fourth-order valence-corrected chi connectivity index (χ4v) is 3.60. The predicted molar refractivity (Wildman–Crippen MR) is 94.9 cm³/mol. The lowest BCUT2D eigenvalue weighted by molar-refractivity contribution is 0.728. The molecule has 23 heavy (non-hydrogen) atoms. The maximum absolute atomic E-state index is 6.44. The molecule has 1 aromatic carbocycles. The Hall–Kier alpha value is -1.78. The molecule has 1 aliphatic rings. The van der Waals surface area contributed by atoms with Crippen LogP contribution < -0.4 is 4.90 Å². The van der Waals surface area contributed by atoms with Gasteiger partial charge in [0, 0.05) is 36.4 Å². The largest absolute Gasteiger partial charge is 0.354 e. The molecule has 1 atom stereocenters. The van der Waals surface area contributed by atoms with Gasteiger partial charge in [0.2, 0.25) is 0 Å². The van der Waals surface area contributed by atoms with E-state index >= 15 is 0 Å². The fraction of sp³-hybridized carbons (Fsp3) is 0.294. The average Bonchev–Trinajstić information content (AvgIpc) is 3.21. The van der Waals surface area contributed by atoms with E-state index in [0.717, 1.165) is 29.0 Å². The summed E-state index contributed by atoms with van der Waals surface area (Å²) in [6, 6.07) is 6.36. The number of hydrogen-bond acceptors (Lipinski definition) is 3. The van der Waals surface area contributed by atoms with Crippen molar-refractivity contribution in [1.29, 1.82) is 0 Å². The van der Waals surface area contributed by atoms with Gasteiger partial charge in [0.25, 0.3) is 0 Å². The van der Waals surface area contributed by atoms with Gasteiger partial charge in [-0.3, -0.25) is 0 Å². The minimum absolute atomic E-state index is 0.480. The first-order valence-electron chi connectivity index (χ1n) is 7.69.